The van der Waals surface area contributed by atoms with Crippen molar-refractivity contribution in [1.29, 1.82) is 0 Å². The van der Waals surface area contributed by atoms with Crippen LogP contribution in [-0.2, 0) is 27.8 Å². The van der Waals surface area contributed by atoms with E-state index >= 15 is 0 Å². The largest absolute Gasteiger partial charge is 0.352 e. The maximum Gasteiger partial charge on any atom is 0.240 e. The summed E-state index contributed by atoms with van der Waals surface area (Å²) < 4.78 is 26.2. The van der Waals surface area contributed by atoms with E-state index in [4.69, 9.17) is 11.6 Å². The highest BCUT2D eigenvalue weighted by Crippen LogP contribution is 2.15. The summed E-state index contributed by atoms with van der Waals surface area (Å²) in [6, 6.07) is 13.9. The lowest BCUT2D eigenvalue weighted by atomic mass is 10.1. The number of sulfonamides is 1. The Labute approximate surface area is 153 Å². The summed E-state index contributed by atoms with van der Waals surface area (Å²) in [5, 5.41) is 3.46. The van der Waals surface area contributed by atoms with Crippen LogP contribution in [0, 0.1) is 0 Å². The van der Waals surface area contributed by atoms with Crippen LogP contribution < -0.4 is 10.0 Å². The molecule has 0 unspecified atom stereocenters. The zero-order valence-electron chi connectivity index (χ0n) is 14.0. The van der Waals surface area contributed by atoms with Gasteiger partial charge < -0.3 is 5.32 Å². The number of halogens is 1. The molecule has 0 bridgehead atoms. The maximum absolute atomic E-state index is 12.0. The smallest absolute Gasteiger partial charge is 0.240 e. The third kappa shape index (κ3) is 5.85. The van der Waals surface area contributed by atoms with Crippen molar-refractivity contribution < 1.29 is 13.2 Å². The second kappa shape index (κ2) is 8.99. The van der Waals surface area contributed by atoms with Gasteiger partial charge in [-0.2, -0.15) is 0 Å². The molecule has 0 aliphatic carbocycles. The summed E-state index contributed by atoms with van der Waals surface area (Å²) in [4.78, 5) is 12.2. The van der Waals surface area contributed by atoms with E-state index in [2.05, 4.69) is 10.0 Å². The summed E-state index contributed by atoms with van der Waals surface area (Å²) in [7, 11) is -3.44. The summed E-state index contributed by atoms with van der Waals surface area (Å²) >= 11 is 6.05. The van der Waals surface area contributed by atoms with Gasteiger partial charge in [-0.25, -0.2) is 13.1 Å². The lowest BCUT2D eigenvalue weighted by Gasteiger charge is -2.08. The molecule has 0 spiro atoms. The van der Waals surface area contributed by atoms with Gasteiger partial charge in [-0.05, 0) is 35.7 Å². The Morgan fingerprint density at radius 2 is 1.76 bits per heavy atom. The number of hydrogen-bond donors (Lipinski definition) is 2. The third-order valence-electron chi connectivity index (χ3n) is 3.64. The lowest BCUT2D eigenvalue weighted by Crippen LogP contribution is -2.23. The zero-order chi connectivity index (χ0) is 18.3. The summed E-state index contributed by atoms with van der Waals surface area (Å²) in [5.74, 6) is -0.0794. The fraction of sp³-hybridized carbons (Fsp3) is 0.278. The van der Waals surface area contributed by atoms with Crippen LogP contribution in [0.2, 0.25) is 5.02 Å². The molecule has 5 nitrogen and oxygen atoms in total. The van der Waals surface area contributed by atoms with E-state index in [9.17, 15) is 13.2 Å². The number of aryl methyl sites for hydroxylation is 1. The minimum Gasteiger partial charge on any atom is -0.352 e. The van der Waals surface area contributed by atoms with Gasteiger partial charge in [-0.15, -0.1) is 0 Å². The molecule has 0 saturated heterocycles. The number of amides is 1. The molecule has 134 valence electrons. The van der Waals surface area contributed by atoms with E-state index in [1.165, 1.54) is 0 Å². The van der Waals surface area contributed by atoms with Crippen LogP contribution in [0.5, 0.6) is 0 Å². The maximum atomic E-state index is 12.0. The predicted octanol–water partition coefficient (Wildman–Crippen LogP) is 2.89. The highest BCUT2D eigenvalue weighted by molar-refractivity contribution is 7.89. The first-order valence-corrected chi connectivity index (χ1v) is 9.87. The van der Waals surface area contributed by atoms with Crippen LogP contribution in [0.4, 0.5) is 0 Å². The molecule has 0 radical (unpaired) electrons. The fourth-order valence-corrected chi connectivity index (χ4v) is 3.53. The molecular formula is C18H21ClN2O3S. The Morgan fingerprint density at radius 1 is 1.08 bits per heavy atom. The Kier molecular flexibility index (Phi) is 6.99. The number of carbonyl (C=O) groups excluding carboxylic acids is 1. The Morgan fingerprint density at radius 3 is 2.40 bits per heavy atom. The first-order chi connectivity index (χ1) is 11.9. The number of carbonyl (C=O) groups is 1. The first-order valence-electron chi connectivity index (χ1n) is 8.01. The average Bonchev–Trinajstić information content (AvgIpc) is 2.59. The van der Waals surface area contributed by atoms with E-state index in [0.717, 1.165) is 11.1 Å². The van der Waals surface area contributed by atoms with Crippen molar-refractivity contribution in [3.63, 3.8) is 0 Å². The van der Waals surface area contributed by atoms with Crippen LogP contribution in [0.15, 0.2) is 53.4 Å². The van der Waals surface area contributed by atoms with Gasteiger partial charge in [0.2, 0.25) is 15.9 Å². The van der Waals surface area contributed by atoms with Crippen molar-refractivity contribution in [3.05, 3.63) is 64.7 Å². The molecule has 0 saturated carbocycles. The normalized spacial score (nSPS) is 11.3. The van der Waals surface area contributed by atoms with Gasteiger partial charge >= 0.3 is 0 Å². The minimum absolute atomic E-state index is 0.0794. The summed E-state index contributed by atoms with van der Waals surface area (Å²) in [6.45, 7) is 2.46. The lowest BCUT2D eigenvalue weighted by molar-refractivity contribution is -0.121. The second-order valence-corrected chi connectivity index (χ2v) is 7.69. The van der Waals surface area contributed by atoms with Crippen LogP contribution in [0.1, 0.15) is 24.5 Å². The summed E-state index contributed by atoms with van der Waals surface area (Å²) in [6.07, 6.45) is 0.861. The van der Waals surface area contributed by atoms with Crippen LogP contribution in [0.3, 0.4) is 0 Å². The van der Waals surface area contributed by atoms with Gasteiger partial charge in [0, 0.05) is 24.5 Å². The quantitative estimate of drug-likeness (QED) is 0.739. The topological polar surface area (TPSA) is 75.3 Å². The standard InChI is InChI=1S/C18H21ClN2O3S/c1-2-21-25(23,24)16-10-7-14(8-11-16)9-12-18(22)20-13-15-5-3-4-6-17(15)19/h3-8,10-11,21H,2,9,12-13H2,1H3,(H,20,22). The fourth-order valence-electron chi connectivity index (χ4n) is 2.29. The monoisotopic (exact) mass is 380 g/mol. The molecule has 2 aromatic rings. The number of rotatable bonds is 8. The molecule has 2 N–H and O–H groups in total. The van der Waals surface area contributed by atoms with Crippen molar-refractivity contribution in [2.24, 2.45) is 0 Å². The molecule has 2 aromatic carbocycles. The number of benzene rings is 2. The highest BCUT2D eigenvalue weighted by Gasteiger charge is 2.12. The molecular weight excluding hydrogens is 360 g/mol. The molecule has 7 heteroatoms. The Hall–Kier alpha value is -1.89. The molecule has 0 fully saturated rings. The zero-order valence-corrected chi connectivity index (χ0v) is 15.5. The molecule has 0 aliphatic heterocycles. The molecule has 25 heavy (non-hydrogen) atoms. The minimum atomic E-state index is -3.44. The van der Waals surface area contributed by atoms with Gasteiger partial charge in [0.1, 0.15) is 0 Å². The molecule has 1 amide bonds. The van der Waals surface area contributed by atoms with E-state index in [0.29, 0.717) is 31.0 Å². The molecule has 0 atom stereocenters. The number of hydrogen-bond acceptors (Lipinski definition) is 3. The van der Waals surface area contributed by atoms with E-state index in [1.54, 1.807) is 37.3 Å². The van der Waals surface area contributed by atoms with E-state index < -0.39 is 10.0 Å². The molecule has 0 aromatic heterocycles. The van der Waals surface area contributed by atoms with Crippen LogP contribution >= 0.6 is 11.6 Å². The van der Waals surface area contributed by atoms with Gasteiger partial charge in [-0.1, -0.05) is 48.9 Å². The van der Waals surface area contributed by atoms with Crippen molar-refractivity contribution in [1.82, 2.24) is 10.0 Å². The van der Waals surface area contributed by atoms with Crippen molar-refractivity contribution >= 4 is 27.5 Å². The van der Waals surface area contributed by atoms with Crippen molar-refractivity contribution in [2.45, 2.75) is 31.2 Å². The van der Waals surface area contributed by atoms with E-state index in [1.807, 2.05) is 18.2 Å². The molecule has 2 rings (SSSR count). The third-order valence-corrected chi connectivity index (χ3v) is 5.57. The predicted molar refractivity (Wildman–Crippen MR) is 98.9 cm³/mol. The van der Waals surface area contributed by atoms with Crippen LogP contribution in [0.25, 0.3) is 0 Å². The SMILES string of the molecule is CCNS(=O)(=O)c1ccc(CCC(=O)NCc2ccccc2Cl)cc1. The van der Waals surface area contributed by atoms with Gasteiger partial charge in [0.15, 0.2) is 0 Å². The first kappa shape index (κ1) is 19.4. The number of nitrogens with one attached hydrogen (secondary N) is 2. The molecule has 0 heterocycles. The average molecular weight is 381 g/mol. The van der Waals surface area contributed by atoms with Gasteiger partial charge in [0.25, 0.3) is 0 Å². The van der Waals surface area contributed by atoms with Gasteiger partial charge in [0.05, 0.1) is 4.90 Å². The van der Waals surface area contributed by atoms with Crippen LogP contribution in [-0.4, -0.2) is 20.9 Å². The van der Waals surface area contributed by atoms with Crippen molar-refractivity contribution in [3.8, 4) is 0 Å². The van der Waals surface area contributed by atoms with Gasteiger partial charge in [-0.3, -0.25) is 4.79 Å². The Balaban J connectivity index is 1.85. The molecule has 0 aliphatic rings. The van der Waals surface area contributed by atoms with Crippen molar-refractivity contribution in [2.75, 3.05) is 6.54 Å². The highest BCUT2D eigenvalue weighted by atomic mass is 35.5. The second-order valence-electron chi connectivity index (χ2n) is 5.51. The van der Waals surface area contributed by atoms with E-state index in [-0.39, 0.29) is 10.8 Å². The Bertz CT molecular complexity index is 820. The summed E-state index contributed by atoms with van der Waals surface area (Å²) in [5.41, 5.74) is 1.78.